The van der Waals surface area contributed by atoms with E-state index in [-0.39, 0.29) is 22.6 Å². The lowest BCUT2D eigenvalue weighted by molar-refractivity contribution is -0.657. The number of hydrogen-bond acceptors (Lipinski definition) is 10. The van der Waals surface area contributed by atoms with Crippen LogP contribution in [0, 0.1) is 0 Å². The van der Waals surface area contributed by atoms with E-state index in [4.69, 9.17) is 0 Å². The molecule has 12 heteroatoms. The van der Waals surface area contributed by atoms with Crippen LogP contribution < -0.4 is 41.0 Å². The first kappa shape index (κ1) is 32.2. The third kappa shape index (κ3) is 14.7. The van der Waals surface area contributed by atoms with E-state index in [0.717, 1.165) is 0 Å². The second-order valence-corrected chi connectivity index (χ2v) is 7.99. The number of nitrogens with one attached hydrogen (secondary N) is 2. The van der Waals surface area contributed by atoms with Crippen molar-refractivity contribution in [2.24, 2.45) is 0 Å². The van der Waals surface area contributed by atoms with E-state index >= 15 is 0 Å². The number of carboxylic acid groups (broad SMARTS) is 2. The molecule has 2 aliphatic heterocycles. The molecule has 0 spiro atoms. The number of quaternary nitrogens is 2. The molecule has 208 valence electrons. The standard InChI is InChI=1S/2C9H8O4.2C4H10N2/c2*1-6(10)13-8-5-3-2-4-7(8)9(11)12;2*1-2-6-4-3-5-1/h2*2-5H,1H3,(H,11,12);2*5-6H,1-4H2. The SMILES string of the molecule is C1C[NH2+]CCN1.C1C[NH2+]CCN1.CC(=O)Oc1ccccc1C(=O)[O-].CC(=O)Oc1ccccc1C(=O)[O-]. The molecule has 0 saturated carbocycles. The monoisotopic (exact) mass is 532 g/mol. The molecule has 0 atom stereocenters. The Morgan fingerprint density at radius 2 is 0.947 bits per heavy atom. The van der Waals surface area contributed by atoms with E-state index < -0.39 is 23.9 Å². The third-order valence-corrected chi connectivity index (χ3v) is 4.82. The topological polar surface area (TPSA) is 190 Å². The number of para-hydroxylation sites is 2. The van der Waals surface area contributed by atoms with E-state index in [0.29, 0.717) is 0 Å². The van der Waals surface area contributed by atoms with E-state index in [1.54, 1.807) is 12.1 Å². The molecular weight excluding hydrogens is 496 g/mol. The van der Waals surface area contributed by atoms with Gasteiger partial charge in [-0.2, -0.15) is 0 Å². The summed E-state index contributed by atoms with van der Waals surface area (Å²) in [5, 5.41) is 32.2. The largest absolute Gasteiger partial charge is 0.545 e. The van der Waals surface area contributed by atoms with Crippen LogP contribution in [0.2, 0.25) is 0 Å². The van der Waals surface area contributed by atoms with Crippen molar-refractivity contribution < 1.29 is 49.5 Å². The molecule has 12 nitrogen and oxygen atoms in total. The Bertz CT molecular complexity index is 919. The zero-order valence-corrected chi connectivity index (χ0v) is 21.7. The molecule has 2 heterocycles. The maximum Gasteiger partial charge on any atom is 0.308 e. The molecule has 0 aliphatic carbocycles. The average molecular weight is 533 g/mol. The zero-order chi connectivity index (χ0) is 28.2. The molecule has 2 aromatic carbocycles. The highest BCUT2D eigenvalue weighted by atomic mass is 16.5. The van der Waals surface area contributed by atoms with E-state index in [1.807, 2.05) is 0 Å². The number of carbonyl (C=O) groups is 4. The highest BCUT2D eigenvalue weighted by Crippen LogP contribution is 2.17. The van der Waals surface area contributed by atoms with Gasteiger partial charge in [0.15, 0.2) is 0 Å². The summed E-state index contributed by atoms with van der Waals surface area (Å²) in [6, 6.07) is 11.6. The van der Waals surface area contributed by atoms with Crippen molar-refractivity contribution >= 4 is 23.9 Å². The van der Waals surface area contributed by atoms with Crippen LogP contribution in [0.15, 0.2) is 48.5 Å². The smallest absolute Gasteiger partial charge is 0.308 e. The number of aromatic carboxylic acids is 2. The molecule has 38 heavy (non-hydrogen) atoms. The fourth-order valence-corrected chi connectivity index (χ4v) is 3.11. The molecule has 6 N–H and O–H groups in total. The number of esters is 2. The van der Waals surface area contributed by atoms with Crippen LogP contribution in [-0.4, -0.2) is 76.2 Å². The summed E-state index contributed by atoms with van der Waals surface area (Å²) >= 11 is 0. The molecule has 0 unspecified atom stereocenters. The first-order valence-corrected chi connectivity index (χ1v) is 12.2. The van der Waals surface area contributed by atoms with Crippen LogP contribution in [-0.2, 0) is 9.59 Å². The molecule has 2 aromatic rings. The predicted molar refractivity (Wildman–Crippen MR) is 133 cm³/mol. The van der Waals surface area contributed by atoms with Gasteiger partial charge in [-0.25, -0.2) is 0 Å². The van der Waals surface area contributed by atoms with Crippen molar-refractivity contribution in [1.82, 2.24) is 10.6 Å². The van der Waals surface area contributed by atoms with Gasteiger partial charge in [0.1, 0.15) is 11.5 Å². The highest BCUT2D eigenvalue weighted by molar-refractivity contribution is 5.90. The fraction of sp³-hybridized carbons (Fsp3) is 0.385. The Labute approximate surface area is 221 Å². The van der Waals surface area contributed by atoms with Crippen LogP contribution in [0.5, 0.6) is 11.5 Å². The van der Waals surface area contributed by atoms with Gasteiger partial charge in [0, 0.05) is 51.2 Å². The fourth-order valence-electron chi connectivity index (χ4n) is 3.11. The quantitative estimate of drug-likeness (QED) is 0.225. The molecule has 4 rings (SSSR count). The molecule has 0 radical (unpaired) electrons. The molecular formula is C26H36N4O8. The van der Waals surface area contributed by atoms with Crippen molar-refractivity contribution in [3.8, 4) is 11.5 Å². The van der Waals surface area contributed by atoms with Crippen LogP contribution in [0.4, 0.5) is 0 Å². The zero-order valence-electron chi connectivity index (χ0n) is 21.7. The summed E-state index contributed by atoms with van der Waals surface area (Å²) in [5.74, 6) is -3.83. The maximum atomic E-state index is 10.6. The second-order valence-electron chi connectivity index (χ2n) is 7.99. The Morgan fingerprint density at radius 1 is 0.632 bits per heavy atom. The van der Waals surface area contributed by atoms with Crippen LogP contribution in [0.25, 0.3) is 0 Å². The number of rotatable bonds is 4. The van der Waals surface area contributed by atoms with Crippen LogP contribution in [0.3, 0.4) is 0 Å². The number of carboxylic acids is 2. The maximum absolute atomic E-state index is 10.6. The lowest BCUT2D eigenvalue weighted by atomic mass is 10.2. The molecule has 2 saturated heterocycles. The van der Waals surface area contributed by atoms with Gasteiger partial charge in [-0.3, -0.25) is 9.59 Å². The molecule has 2 fully saturated rings. The Balaban J connectivity index is 0.000000269. The van der Waals surface area contributed by atoms with Crippen LogP contribution >= 0.6 is 0 Å². The van der Waals surface area contributed by atoms with E-state index in [1.165, 1.54) is 103 Å². The summed E-state index contributed by atoms with van der Waals surface area (Å²) in [6.45, 7) is 12.2. The van der Waals surface area contributed by atoms with Crippen molar-refractivity contribution in [2.45, 2.75) is 13.8 Å². The minimum atomic E-state index is -1.36. The number of hydrogen-bond donors (Lipinski definition) is 4. The minimum absolute atomic E-state index is 0.00926. The highest BCUT2D eigenvalue weighted by Gasteiger charge is 2.06. The van der Waals surface area contributed by atoms with Crippen molar-refractivity contribution in [3.63, 3.8) is 0 Å². The van der Waals surface area contributed by atoms with Gasteiger partial charge in [0.05, 0.1) is 38.1 Å². The summed E-state index contributed by atoms with van der Waals surface area (Å²) in [6.07, 6.45) is 0. The average Bonchev–Trinajstić information content (AvgIpc) is 2.91. The van der Waals surface area contributed by atoms with Gasteiger partial charge in [-0.05, 0) is 24.3 Å². The minimum Gasteiger partial charge on any atom is -0.545 e. The van der Waals surface area contributed by atoms with Crippen LogP contribution in [0.1, 0.15) is 34.6 Å². The van der Waals surface area contributed by atoms with E-state index in [9.17, 15) is 29.4 Å². The Hall–Kier alpha value is -3.84. The van der Waals surface area contributed by atoms with E-state index in [2.05, 4.69) is 30.7 Å². The van der Waals surface area contributed by atoms with Gasteiger partial charge in [0.2, 0.25) is 0 Å². The van der Waals surface area contributed by atoms with Gasteiger partial charge in [0.25, 0.3) is 0 Å². The molecule has 0 bridgehead atoms. The lowest BCUT2D eigenvalue weighted by Crippen LogP contribution is -2.89. The normalized spacial score (nSPS) is 13.9. The van der Waals surface area contributed by atoms with Crippen molar-refractivity contribution in [2.75, 3.05) is 52.4 Å². The Morgan fingerprint density at radius 3 is 1.16 bits per heavy atom. The second kappa shape index (κ2) is 19.3. The third-order valence-electron chi connectivity index (χ3n) is 4.82. The summed E-state index contributed by atoms with van der Waals surface area (Å²) in [7, 11) is 0. The van der Waals surface area contributed by atoms with Gasteiger partial charge in [-0.1, -0.05) is 24.3 Å². The number of benzene rings is 2. The van der Waals surface area contributed by atoms with Crippen molar-refractivity contribution in [1.29, 1.82) is 0 Å². The summed E-state index contributed by atoms with van der Waals surface area (Å²) < 4.78 is 9.29. The number of carbonyl (C=O) groups excluding carboxylic acids is 4. The predicted octanol–water partition coefficient (Wildman–Crippen LogP) is -3.74. The summed E-state index contributed by atoms with van der Waals surface area (Å²) in [4.78, 5) is 42.1. The van der Waals surface area contributed by atoms with Crippen molar-refractivity contribution in [3.05, 3.63) is 59.7 Å². The van der Waals surface area contributed by atoms with Gasteiger partial charge >= 0.3 is 11.9 Å². The number of piperazine rings is 2. The molecule has 2 aliphatic rings. The number of nitrogens with two attached hydrogens (primary N) is 2. The first-order chi connectivity index (χ1) is 18.2. The number of ether oxygens (including phenoxy) is 2. The lowest BCUT2D eigenvalue weighted by Gasteiger charge is -2.08. The first-order valence-electron chi connectivity index (χ1n) is 12.2. The van der Waals surface area contributed by atoms with Gasteiger partial charge in [-0.15, -0.1) is 0 Å². The van der Waals surface area contributed by atoms with Gasteiger partial charge < -0.3 is 50.5 Å². The molecule has 0 amide bonds. The Kier molecular flexibility index (Phi) is 16.3. The summed E-state index contributed by atoms with van der Waals surface area (Å²) in [5.41, 5.74) is -0.254. The molecule has 0 aromatic heterocycles.